The Hall–Kier alpha value is -2.32. The summed E-state index contributed by atoms with van der Waals surface area (Å²) in [5, 5.41) is 0.261. The first-order chi connectivity index (χ1) is 12.3. The lowest BCUT2D eigenvalue weighted by atomic mass is 10.0. The molecule has 0 aliphatic carbocycles. The van der Waals surface area contributed by atoms with Gasteiger partial charge in [-0.05, 0) is 35.7 Å². The van der Waals surface area contributed by atoms with Crippen molar-refractivity contribution in [2.75, 3.05) is 6.54 Å². The molecule has 0 saturated carbocycles. The van der Waals surface area contributed by atoms with Crippen LogP contribution in [0.25, 0.3) is 10.9 Å². The van der Waals surface area contributed by atoms with Crippen molar-refractivity contribution in [1.29, 1.82) is 0 Å². The third kappa shape index (κ3) is 2.79. The second-order valence-electron chi connectivity index (χ2n) is 6.27. The van der Waals surface area contributed by atoms with Crippen molar-refractivity contribution < 1.29 is 21.6 Å². The number of aromatic nitrogens is 1. The molecule has 8 heteroatoms. The summed E-state index contributed by atoms with van der Waals surface area (Å²) in [6, 6.07) is 10.6. The first kappa shape index (κ1) is 17.1. The highest BCUT2D eigenvalue weighted by Gasteiger charge is 2.35. The minimum atomic E-state index is -4.63. The van der Waals surface area contributed by atoms with Crippen LogP contribution in [0.2, 0.25) is 0 Å². The van der Waals surface area contributed by atoms with Crippen molar-refractivity contribution in [2.24, 2.45) is 0 Å². The molecule has 0 fully saturated rings. The summed E-state index contributed by atoms with van der Waals surface area (Å²) < 4.78 is 67.1. The van der Waals surface area contributed by atoms with Gasteiger partial charge in [-0.25, -0.2) is 8.42 Å². The molecule has 0 spiro atoms. The second-order valence-corrected chi connectivity index (χ2v) is 8.17. The SMILES string of the molecule is O=S(=O)(c1cc(C(F)(F)F)cc2[nH]ccc12)N1CCc2ccccc2C1. The third-order valence-electron chi connectivity index (χ3n) is 4.67. The fraction of sp³-hybridized carbons (Fsp3) is 0.222. The lowest BCUT2D eigenvalue weighted by molar-refractivity contribution is -0.137. The molecule has 0 radical (unpaired) electrons. The number of halogens is 3. The first-order valence-corrected chi connectivity index (χ1v) is 9.46. The van der Waals surface area contributed by atoms with Crippen molar-refractivity contribution in [3.8, 4) is 0 Å². The van der Waals surface area contributed by atoms with E-state index in [9.17, 15) is 21.6 Å². The Kier molecular flexibility index (Phi) is 3.85. The summed E-state index contributed by atoms with van der Waals surface area (Å²) in [5.74, 6) is 0. The number of nitrogens with zero attached hydrogens (tertiary/aromatic N) is 1. The number of fused-ring (bicyclic) bond motifs is 2. The van der Waals surface area contributed by atoms with Gasteiger partial charge in [0, 0.05) is 30.2 Å². The molecule has 2 heterocycles. The van der Waals surface area contributed by atoms with E-state index in [1.807, 2.05) is 24.3 Å². The molecule has 4 nitrogen and oxygen atoms in total. The molecule has 2 aromatic carbocycles. The standard InChI is InChI=1S/C18H15F3N2O2S/c19-18(20,21)14-9-16-15(5-7-22-16)17(10-14)26(24,25)23-8-6-12-3-1-2-4-13(12)11-23/h1-5,7,9-10,22H,6,8,11H2. The minimum absolute atomic E-state index is 0.149. The van der Waals surface area contributed by atoms with E-state index in [0.717, 1.165) is 23.3 Å². The van der Waals surface area contributed by atoms with Crippen LogP contribution >= 0.6 is 0 Å². The Balaban J connectivity index is 1.83. The summed E-state index contributed by atoms with van der Waals surface area (Å²) in [6.07, 6.45) is -2.65. The maximum atomic E-state index is 13.2. The highest BCUT2D eigenvalue weighted by atomic mass is 32.2. The average Bonchev–Trinajstić information content (AvgIpc) is 3.08. The van der Waals surface area contributed by atoms with Crippen LogP contribution in [-0.4, -0.2) is 24.3 Å². The van der Waals surface area contributed by atoms with E-state index in [0.29, 0.717) is 6.42 Å². The van der Waals surface area contributed by atoms with E-state index in [-0.39, 0.29) is 28.9 Å². The van der Waals surface area contributed by atoms with Crippen LogP contribution in [0.15, 0.2) is 53.6 Å². The maximum Gasteiger partial charge on any atom is 0.416 e. The minimum Gasteiger partial charge on any atom is -0.361 e. The van der Waals surface area contributed by atoms with E-state index in [1.165, 1.54) is 16.6 Å². The fourth-order valence-corrected chi connectivity index (χ4v) is 4.97. The van der Waals surface area contributed by atoms with Gasteiger partial charge in [-0.15, -0.1) is 0 Å². The molecule has 26 heavy (non-hydrogen) atoms. The second kappa shape index (κ2) is 5.85. The third-order valence-corrected chi connectivity index (χ3v) is 6.56. The lowest BCUT2D eigenvalue weighted by Gasteiger charge is -2.28. The number of sulfonamides is 1. The molecule has 0 atom stereocenters. The topological polar surface area (TPSA) is 53.2 Å². The van der Waals surface area contributed by atoms with Crippen molar-refractivity contribution in [2.45, 2.75) is 24.0 Å². The summed E-state index contributed by atoms with van der Waals surface area (Å²) in [5.41, 5.74) is 1.11. The van der Waals surface area contributed by atoms with Crippen molar-refractivity contribution >= 4 is 20.9 Å². The van der Waals surface area contributed by atoms with Gasteiger partial charge in [-0.1, -0.05) is 24.3 Å². The van der Waals surface area contributed by atoms with Crippen LogP contribution in [0, 0.1) is 0 Å². The van der Waals surface area contributed by atoms with Gasteiger partial charge in [0.2, 0.25) is 10.0 Å². The van der Waals surface area contributed by atoms with Gasteiger partial charge >= 0.3 is 6.18 Å². The van der Waals surface area contributed by atoms with Crippen molar-refractivity contribution in [3.05, 3.63) is 65.4 Å². The van der Waals surface area contributed by atoms with Crippen LogP contribution in [0.3, 0.4) is 0 Å². The molecular weight excluding hydrogens is 365 g/mol. The molecular formula is C18H15F3N2O2S. The molecule has 3 aromatic rings. The van der Waals surface area contributed by atoms with Gasteiger partial charge in [0.1, 0.15) is 0 Å². The van der Waals surface area contributed by atoms with Crippen LogP contribution in [0.4, 0.5) is 13.2 Å². The molecule has 0 amide bonds. The Labute approximate surface area is 148 Å². The first-order valence-electron chi connectivity index (χ1n) is 8.02. The van der Waals surface area contributed by atoms with E-state index in [2.05, 4.69) is 4.98 Å². The van der Waals surface area contributed by atoms with Gasteiger partial charge in [0.05, 0.1) is 10.5 Å². The number of nitrogens with one attached hydrogen (secondary N) is 1. The Bertz CT molecular complexity index is 1090. The molecule has 136 valence electrons. The smallest absolute Gasteiger partial charge is 0.361 e. The quantitative estimate of drug-likeness (QED) is 0.732. The van der Waals surface area contributed by atoms with Gasteiger partial charge in [0.15, 0.2) is 0 Å². The molecule has 0 bridgehead atoms. The number of H-pyrrole nitrogens is 1. The zero-order valence-corrected chi connectivity index (χ0v) is 14.4. The molecule has 1 aliphatic rings. The number of benzene rings is 2. The normalized spacial score (nSPS) is 16.0. The fourth-order valence-electron chi connectivity index (χ4n) is 3.32. The van der Waals surface area contributed by atoms with E-state index in [4.69, 9.17) is 0 Å². The van der Waals surface area contributed by atoms with Crippen LogP contribution in [-0.2, 0) is 29.2 Å². The van der Waals surface area contributed by atoms with E-state index < -0.39 is 21.8 Å². The Morgan fingerprint density at radius 1 is 1.04 bits per heavy atom. The highest BCUT2D eigenvalue weighted by Crippen LogP contribution is 2.36. The Morgan fingerprint density at radius 2 is 1.77 bits per heavy atom. The summed E-state index contributed by atoms with van der Waals surface area (Å²) in [6.45, 7) is 0.391. The van der Waals surface area contributed by atoms with Gasteiger partial charge < -0.3 is 4.98 Å². The van der Waals surface area contributed by atoms with Crippen LogP contribution < -0.4 is 0 Å². The monoisotopic (exact) mass is 380 g/mol. The molecule has 1 aromatic heterocycles. The molecule has 0 unspecified atom stereocenters. The predicted molar refractivity (Wildman–Crippen MR) is 91.0 cm³/mol. The Morgan fingerprint density at radius 3 is 2.50 bits per heavy atom. The van der Waals surface area contributed by atoms with Crippen molar-refractivity contribution in [1.82, 2.24) is 9.29 Å². The molecule has 1 aliphatic heterocycles. The summed E-state index contributed by atoms with van der Waals surface area (Å²) >= 11 is 0. The van der Waals surface area contributed by atoms with Crippen LogP contribution in [0.5, 0.6) is 0 Å². The van der Waals surface area contributed by atoms with E-state index >= 15 is 0 Å². The van der Waals surface area contributed by atoms with Crippen molar-refractivity contribution in [3.63, 3.8) is 0 Å². The van der Waals surface area contributed by atoms with Gasteiger partial charge in [-0.3, -0.25) is 0 Å². The maximum absolute atomic E-state index is 13.2. The number of rotatable bonds is 2. The van der Waals surface area contributed by atoms with Gasteiger partial charge in [0.25, 0.3) is 0 Å². The highest BCUT2D eigenvalue weighted by molar-refractivity contribution is 7.89. The summed E-state index contributed by atoms with van der Waals surface area (Å²) in [7, 11) is -4.07. The number of hydrogen-bond acceptors (Lipinski definition) is 2. The van der Waals surface area contributed by atoms with E-state index in [1.54, 1.807) is 0 Å². The zero-order chi connectivity index (χ0) is 18.5. The predicted octanol–water partition coefficient (Wildman–Crippen LogP) is 3.93. The molecule has 4 rings (SSSR count). The van der Waals surface area contributed by atoms with Gasteiger partial charge in [-0.2, -0.15) is 17.5 Å². The van der Waals surface area contributed by atoms with Crippen LogP contribution in [0.1, 0.15) is 16.7 Å². The molecule has 0 saturated heterocycles. The molecule has 1 N–H and O–H groups in total. The average molecular weight is 380 g/mol. The largest absolute Gasteiger partial charge is 0.416 e. The number of hydrogen-bond donors (Lipinski definition) is 1. The number of aromatic amines is 1. The zero-order valence-electron chi connectivity index (χ0n) is 13.5. The summed E-state index contributed by atoms with van der Waals surface area (Å²) in [4.78, 5) is 2.36. The number of alkyl halides is 3. The lowest BCUT2D eigenvalue weighted by Crippen LogP contribution is -2.36.